The largest absolute Gasteiger partial charge is 0.497 e. The summed E-state index contributed by atoms with van der Waals surface area (Å²) in [6.07, 6.45) is 4.78. The number of likely N-dealkylation sites (tertiary alicyclic amines) is 1. The second-order valence-corrected chi connectivity index (χ2v) is 6.99. The monoisotopic (exact) mass is 331 g/mol. The molecule has 0 radical (unpaired) electrons. The van der Waals surface area contributed by atoms with E-state index in [1.165, 1.54) is 12.8 Å². The zero-order valence-electron chi connectivity index (χ0n) is 14.8. The maximum Gasteiger partial charge on any atom is 0.318 e. The van der Waals surface area contributed by atoms with Crippen LogP contribution >= 0.6 is 0 Å². The molecule has 1 atom stereocenters. The van der Waals surface area contributed by atoms with Gasteiger partial charge in [-0.05, 0) is 63.4 Å². The van der Waals surface area contributed by atoms with Crippen LogP contribution in [0.2, 0.25) is 0 Å². The van der Waals surface area contributed by atoms with Crippen LogP contribution < -0.4 is 10.1 Å². The summed E-state index contributed by atoms with van der Waals surface area (Å²) in [6.45, 7) is 5.89. The predicted octanol–water partition coefficient (Wildman–Crippen LogP) is 2.85. The van der Waals surface area contributed by atoms with Crippen molar-refractivity contribution in [2.45, 2.75) is 51.2 Å². The lowest BCUT2D eigenvalue weighted by Crippen LogP contribution is -2.46. The SMILES string of the molecule is COc1cccc(CN(C(=O)NCC(C)N2CCCC2)C2CC2)c1. The summed E-state index contributed by atoms with van der Waals surface area (Å²) < 4.78 is 5.28. The van der Waals surface area contributed by atoms with E-state index in [2.05, 4.69) is 23.2 Å². The van der Waals surface area contributed by atoms with Crippen molar-refractivity contribution in [1.29, 1.82) is 0 Å². The first-order chi connectivity index (χ1) is 11.7. The fraction of sp³-hybridized carbons (Fsp3) is 0.632. The van der Waals surface area contributed by atoms with Crippen LogP contribution in [0.15, 0.2) is 24.3 Å². The van der Waals surface area contributed by atoms with Gasteiger partial charge in [0.05, 0.1) is 7.11 Å². The number of hydrogen-bond donors (Lipinski definition) is 1. The van der Waals surface area contributed by atoms with Crippen LogP contribution in [0.25, 0.3) is 0 Å². The highest BCUT2D eigenvalue weighted by Gasteiger charge is 2.33. The van der Waals surface area contributed by atoms with Gasteiger partial charge in [-0.15, -0.1) is 0 Å². The Morgan fingerprint density at radius 2 is 2.12 bits per heavy atom. The van der Waals surface area contributed by atoms with Gasteiger partial charge in [0, 0.05) is 25.2 Å². The maximum absolute atomic E-state index is 12.7. The number of carbonyl (C=O) groups excluding carboxylic acids is 1. The molecule has 0 bridgehead atoms. The molecule has 1 saturated carbocycles. The number of benzene rings is 1. The first-order valence-electron chi connectivity index (χ1n) is 9.09. The van der Waals surface area contributed by atoms with E-state index in [1.54, 1.807) is 7.11 Å². The Kier molecular flexibility index (Phi) is 5.61. The van der Waals surface area contributed by atoms with Crippen molar-refractivity contribution in [3.05, 3.63) is 29.8 Å². The number of hydrogen-bond acceptors (Lipinski definition) is 3. The molecule has 1 aliphatic carbocycles. The van der Waals surface area contributed by atoms with Crippen molar-refractivity contribution in [3.63, 3.8) is 0 Å². The Hall–Kier alpha value is -1.75. The average molecular weight is 331 g/mol. The van der Waals surface area contributed by atoms with E-state index in [9.17, 15) is 4.79 Å². The van der Waals surface area contributed by atoms with Crippen LogP contribution in [0.3, 0.4) is 0 Å². The molecule has 1 aromatic rings. The fourth-order valence-electron chi connectivity index (χ4n) is 3.37. The van der Waals surface area contributed by atoms with Gasteiger partial charge in [-0.2, -0.15) is 0 Å². The molecule has 1 N–H and O–H groups in total. The number of nitrogens with one attached hydrogen (secondary N) is 1. The lowest BCUT2D eigenvalue weighted by atomic mass is 10.2. The molecule has 2 amide bonds. The van der Waals surface area contributed by atoms with Crippen LogP contribution in [-0.2, 0) is 6.54 Å². The van der Waals surface area contributed by atoms with Crippen LogP contribution in [0.4, 0.5) is 4.79 Å². The Morgan fingerprint density at radius 1 is 1.38 bits per heavy atom. The molecule has 1 unspecified atom stereocenters. The van der Waals surface area contributed by atoms with E-state index >= 15 is 0 Å². The van der Waals surface area contributed by atoms with E-state index < -0.39 is 0 Å². The average Bonchev–Trinajstić information content (AvgIpc) is 3.30. The van der Waals surface area contributed by atoms with Gasteiger partial charge in [0.1, 0.15) is 5.75 Å². The lowest BCUT2D eigenvalue weighted by molar-refractivity contribution is 0.184. The van der Waals surface area contributed by atoms with E-state index in [0.29, 0.717) is 18.6 Å². The molecule has 5 nitrogen and oxygen atoms in total. The van der Waals surface area contributed by atoms with Crippen molar-refractivity contribution in [2.75, 3.05) is 26.7 Å². The minimum atomic E-state index is 0.0615. The molecule has 2 aliphatic rings. The minimum absolute atomic E-state index is 0.0615. The van der Waals surface area contributed by atoms with Crippen LogP contribution in [0.1, 0.15) is 38.2 Å². The highest BCUT2D eigenvalue weighted by Crippen LogP contribution is 2.29. The van der Waals surface area contributed by atoms with Gasteiger partial charge in [-0.25, -0.2) is 4.79 Å². The van der Waals surface area contributed by atoms with Crippen molar-refractivity contribution < 1.29 is 9.53 Å². The molecule has 132 valence electrons. The van der Waals surface area contributed by atoms with Crippen LogP contribution in [0.5, 0.6) is 5.75 Å². The molecule has 0 spiro atoms. The molecule has 2 fully saturated rings. The van der Waals surface area contributed by atoms with Gasteiger partial charge in [-0.1, -0.05) is 12.1 Å². The molecule has 24 heavy (non-hydrogen) atoms. The Bertz CT molecular complexity index is 553. The summed E-state index contributed by atoms with van der Waals surface area (Å²) in [5.41, 5.74) is 1.11. The van der Waals surface area contributed by atoms with E-state index in [0.717, 1.165) is 43.8 Å². The number of methoxy groups -OCH3 is 1. The van der Waals surface area contributed by atoms with E-state index in [1.807, 2.05) is 23.1 Å². The van der Waals surface area contributed by atoms with Gasteiger partial charge in [0.2, 0.25) is 0 Å². The molecule has 3 rings (SSSR count). The summed E-state index contributed by atoms with van der Waals surface area (Å²) in [5, 5.41) is 3.14. The van der Waals surface area contributed by atoms with Gasteiger partial charge in [0.15, 0.2) is 0 Å². The summed E-state index contributed by atoms with van der Waals surface area (Å²) in [4.78, 5) is 17.1. The number of carbonyl (C=O) groups is 1. The molecule has 0 aromatic heterocycles. The Morgan fingerprint density at radius 3 is 2.79 bits per heavy atom. The lowest BCUT2D eigenvalue weighted by Gasteiger charge is -2.27. The topological polar surface area (TPSA) is 44.8 Å². The molecular formula is C19H29N3O2. The third kappa shape index (κ3) is 4.41. The fourth-order valence-corrected chi connectivity index (χ4v) is 3.37. The number of ether oxygens (including phenoxy) is 1. The zero-order chi connectivity index (χ0) is 16.9. The van der Waals surface area contributed by atoms with Crippen molar-refractivity contribution >= 4 is 6.03 Å². The molecule has 1 heterocycles. The Labute approximate surface area is 145 Å². The van der Waals surface area contributed by atoms with Gasteiger partial charge >= 0.3 is 6.03 Å². The van der Waals surface area contributed by atoms with Gasteiger partial charge < -0.3 is 15.0 Å². The first-order valence-corrected chi connectivity index (χ1v) is 9.09. The summed E-state index contributed by atoms with van der Waals surface area (Å²) in [5.74, 6) is 0.839. The third-order valence-electron chi connectivity index (χ3n) is 5.05. The molecule has 5 heteroatoms. The number of rotatable bonds is 7. The molecule has 1 saturated heterocycles. The van der Waals surface area contributed by atoms with Gasteiger partial charge in [0.25, 0.3) is 0 Å². The van der Waals surface area contributed by atoms with Crippen molar-refractivity contribution in [3.8, 4) is 5.75 Å². The molecule has 1 aromatic carbocycles. The minimum Gasteiger partial charge on any atom is -0.497 e. The number of urea groups is 1. The standard InChI is InChI=1S/C19H29N3O2/c1-15(21-10-3-4-11-21)13-20-19(23)22(17-8-9-17)14-16-6-5-7-18(12-16)24-2/h5-7,12,15,17H,3-4,8-11,13-14H2,1-2H3,(H,20,23). The second-order valence-electron chi connectivity index (χ2n) is 6.99. The van der Waals surface area contributed by atoms with Crippen molar-refractivity contribution in [2.24, 2.45) is 0 Å². The smallest absolute Gasteiger partial charge is 0.318 e. The maximum atomic E-state index is 12.7. The first kappa shape index (κ1) is 17.1. The molecular weight excluding hydrogens is 302 g/mol. The zero-order valence-corrected chi connectivity index (χ0v) is 14.8. The summed E-state index contributed by atoms with van der Waals surface area (Å²) in [6, 6.07) is 8.84. The highest BCUT2D eigenvalue weighted by atomic mass is 16.5. The van der Waals surface area contributed by atoms with Crippen molar-refractivity contribution in [1.82, 2.24) is 15.1 Å². The summed E-state index contributed by atoms with van der Waals surface area (Å²) in [7, 11) is 1.67. The molecule has 1 aliphatic heterocycles. The van der Waals surface area contributed by atoms with Crippen LogP contribution in [-0.4, -0.2) is 54.7 Å². The second kappa shape index (κ2) is 7.88. The predicted molar refractivity (Wildman–Crippen MR) is 95.2 cm³/mol. The van der Waals surface area contributed by atoms with E-state index in [-0.39, 0.29) is 6.03 Å². The number of amides is 2. The number of nitrogens with zero attached hydrogens (tertiary/aromatic N) is 2. The quantitative estimate of drug-likeness (QED) is 0.835. The third-order valence-corrected chi connectivity index (χ3v) is 5.05. The Balaban J connectivity index is 1.55. The summed E-state index contributed by atoms with van der Waals surface area (Å²) >= 11 is 0. The normalized spacial score (nSPS) is 19.1. The van der Waals surface area contributed by atoms with Gasteiger partial charge in [-0.3, -0.25) is 4.90 Å². The van der Waals surface area contributed by atoms with Crippen LogP contribution in [0, 0.1) is 0 Å². The van der Waals surface area contributed by atoms with E-state index in [4.69, 9.17) is 4.74 Å². The highest BCUT2D eigenvalue weighted by molar-refractivity contribution is 5.75.